The van der Waals surface area contributed by atoms with Crippen LogP contribution in [0, 0.1) is 0 Å². The molecule has 2 amide bonds. The molecular formula is C51H52N2O4. The van der Waals surface area contributed by atoms with Gasteiger partial charge >= 0.3 is 0 Å². The van der Waals surface area contributed by atoms with Gasteiger partial charge in [-0.2, -0.15) is 0 Å². The Kier molecular flexibility index (Phi) is 12.8. The molecule has 0 fully saturated rings. The average molecular weight is 757 g/mol. The minimum absolute atomic E-state index is 0.178. The van der Waals surface area contributed by atoms with Gasteiger partial charge < -0.3 is 20.1 Å². The lowest BCUT2D eigenvalue weighted by molar-refractivity contribution is 0.101. The normalized spacial score (nSPS) is 12.3. The summed E-state index contributed by atoms with van der Waals surface area (Å²) >= 11 is 0. The van der Waals surface area contributed by atoms with E-state index < -0.39 is 5.41 Å². The number of carbonyl (C=O) groups is 2. The van der Waals surface area contributed by atoms with Crippen LogP contribution in [0.25, 0.3) is 11.1 Å². The number of ether oxygens (including phenoxy) is 2. The number of hydrogen-bond acceptors (Lipinski definition) is 4. The summed E-state index contributed by atoms with van der Waals surface area (Å²) in [5.41, 5.74) is 8.80. The highest BCUT2D eigenvalue weighted by atomic mass is 16.5. The Morgan fingerprint density at radius 1 is 0.456 bits per heavy atom. The number of nitrogens with one attached hydrogen (secondary N) is 2. The summed E-state index contributed by atoms with van der Waals surface area (Å²) in [5, 5.41) is 6.17. The van der Waals surface area contributed by atoms with E-state index in [0.29, 0.717) is 35.7 Å². The maximum Gasteiger partial charge on any atom is 0.255 e. The van der Waals surface area contributed by atoms with E-state index in [0.717, 1.165) is 48.3 Å². The van der Waals surface area contributed by atoms with Crippen molar-refractivity contribution >= 4 is 23.2 Å². The molecule has 6 aromatic carbocycles. The van der Waals surface area contributed by atoms with Gasteiger partial charge in [0.15, 0.2) is 0 Å². The van der Waals surface area contributed by atoms with Crippen LogP contribution < -0.4 is 20.1 Å². The molecule has 6 aromatic rings. The van der Waals surface area contributed by atoms with Crippen LogP contribution in [0.3, 0.4) is 0 Å². The minimum Gasteiger partial charge on any atom is -0.494 e. The van der Waals surface area contributed by atoms with E-state index in [-0.39, 0.29) is 11.8 Å². The number of fused-ring (bicyclic) bond motifs is 3. The highest BCUT2D eigenvalue weighted by Gasteiger charge is 2.45. The third-order valence-corrected chi connectivity index (χ3v) is 10.9. The molecule has 6 heteroatoms. The second-order valence-electron chi connectivity index (χ2n) is 14.8. The molecule has 1 aliphatic carbocycles. The summed E-state index contributed by atoms with van der Waals surface area (Å²) in [4.78, 5) is 26.6. The molecule has 0 bridgehead atoms. The number of hydrogen-bond donors (Lipinski definition) is 2. The summed E-state index contributed by atoms with van der Waals surface area (Å²) in [7, 11) is 0. The standard InChI is InChI=1S/C51H52N2O4/c1-3-5-7-13-35-56-43-31-19-37(20-32-43)49(54)52-41-27-23-39(24-28-41)51(47-17-11-9-15-45(47)46-16-10-12-18-48(46)51)40-25-29-42(30-26-40)53-50(55)38-21-33-44(34-22-38)57-36-14-8-6-4-2/h9-12,15-34H,3-8,13-14,35-36H2,1-2H3,(H,52,54)(H,53,55). The van der Waals surface area contributed by atoms with Crippen LogP contribution in [0.1, 0.15) is 108 Å². The molecule has 0 heterocycles. The lowest BCUT2D eigenvalue weighted by atomic mass is 9.67. The molecule has 0 saturated heterocycles. The van der Waals surface area contributed by atoms with Crippen molar-refractivity contribution in [2.45, 2.75) is 70.6 Å². The summed E-state index contributed by atoms with van der Waals surface area (Å²) < 4.78 is 11.7. The topological polar surface area (TPSA) is 76.7 Å². The fraction of sp³-hybridized carbons (Fsp3) is 0.255. The van der Waals surface area contributed by atoms with Crippen LogP contribution in [0.2, 0.25) is 0 Å². The van der Waals surface area contributed by atoms with E-state index in [1.54, 1.807) is 24.3 Å². The quantitative estimate of drug-likeness (QED) is 0.0855. The van der Waals surface area contributed by atoms with E-state index in [9.17, 15) is 9.59 Å². The Hall–Kier alpha value is -6.14. The molecule has 0 aromatic heterocycles. The van der Waals surface area contributed by atoms with E-state index in [4.69, 9.17) is 9.47 Å². The first-order valence-corrected chi connectivity index (χ1v) is 20.5. The number of benzene rings is 6. The van der Waals surface area contributed by atoms with Crippen LogP contribution in [-0.4, -0.2) is 25.0 Å². The van der Waals surface area contributed by atoms with Gasteiger partial charge in [0.1, 0.15) is 11.5 Å². The largest absolute Gasteiger partial charge is 0.494 e. The first-order chi connectivity index (χ1) is 28.0. The van der Waals surface area contributed by atoms with Crippen molar-refractivity contribution in [1.82, 2.24) is 0 Å². The lowest BCUT2D eigenvalue weighted by Gasteiger charge is -2.34. The molecule has 0 saturated carbocycles. The molecule has 0 radical (unpaired) electrons. The van der Waals surface area contributed by atoms with Gasteiger partial charge in [0, 0.05) is 22.5 Å². The molecule has 290 valence electrons. The predicted molar refractivity (Wildman–Crippen MR) is 232 cm³/mol. The molecular weight excluding hydrogens is 705 g/mol. The Morgan fingerprint density at radius 2 is 0.842 bits per heavy atom. The van der Waals surface area contributed by atoms with Gasteiger partial charge in [0.25, 0.3) is 11.8 Å². The average Bonchev–Trinajstić information content (AvgIpc) is 3.55. The van der Waals surface area contributed by atoms with Crippen molar-refractivity contribution in [1.29, 1.82) is 0 Å². The molecule has 0 unspecified atom stereocenters. The third-order valence-electron chi connectivity index (χ3n) is 10.9. The molecule has 7 rings (SSSR count). The van der Waals surface area contributed by atoms with Crippen LogP contribution in [0.4, 0.5) is 11.4 Å². The van der Waals surface area contributed by atoms with E-state index in [1.807, 2.05) is 48.5 Å². The minimum atomic E-state index is -0.628. The fourth-order valence-electron chi connectivity index (χ4n) is 7.88. The van der Waals surface area contributed by atoms with Gasteiger partial charge in [-0.1, -0.05) is 125 Å². The molecule has 0 atom stereocenters. The zero-order valence-electron chi connectivity index (χ0n) is 33.1. The molecule has 6 nitrogen and oxygen atoms in total. The van der Waals surface area contributed by atoms with E-state index >= 15 is 0 Å². The lowest BCUT2D eigenvalue weighted by Crippen LogP contribution is -2.28. The highest BCUT2D eigenvalue weighted by molar-refractivity contribution is 6.05. The zero-order chi connectivity index (χ0) is 39.5. The van der Waals surface area contributed by atoms with Gasteiger partial charge in [-0.25, -0.2) is 0 Å². The smallest absolute Gasteiger partial charge is 0.255 e. The van der Waals surface area contributed by atoms with Crippen molar-refractivity contribution in [3.8, 4) is 22.6 Å². The van der Waals surface area contributed by atoms with Crippen molar-refractivity contribution in [3.05, 3.63) is 179 Å². The highest BCUT2D eigenvalue weighted by Crippen LogP contribution is 2.56. The maximum absolute atomic E-state index is 13.3. The summed E-state index contributed by atoms with van der Waals surface area (Å²) in [6, 6.07) is 48.1. The number of rotatable bonds is 18. The zero-order valence-corrected chi connectivity index (χ0v) is 33.1. The monoisotopic (exact) mass is 756 g/mol. The van der Waals surface area contributed by atoms with Crippen LogP contribution in [0.15, 0.2) is 146 Å². The molecule has 2 N–H and O–H groups in total. The van der Waals surface area contributed by atoms with E-state index in [2.05, 4.69) is 97.3 Å². The first-order valence-electron chi connectivity index (χ1n) is 20.5. The van der Waals surface area contributed by atoms with Gasteiger partial charge in [-0.05, 0) is 119 Å². The van der Waals surface area contributed by atoms with Crippen molar-refractivity contribution in [2.24, 2.45) is 0 Å². The van der Waals surface area contributed by atoms with Crippen LogP contribution >= 0.6 is 0 Å². The molecule has 0 aliphatic heterocycles. The Balaban J connectivity index is 1.10. The van der Waals surface area contributed by atoms with Gasteiger partial charge in [0.05, 0.1) is 18.6 Å². The summed E-state index contributed by atoms with van der Waals surface area (Å²) in [5.74, 6) is 1.19. The second-order valence-corrected chi connectivity index (χ2v) is 14.8. The van der Waals surface area contributed by atoms with Crippen molar-refractivity contribution in [3.63, 3.8) is 0 Å². The Morgan fingerprint density at radius 3 is 1.23 bits per heavy atom. The Labute approximate surface area is 337 Å². The first kappa shape index (κ1) is 39.1. The number of anilines is 2. The molecule has 1 aliphatic rings. The summed E-state index contributed by atoms with van der Waals surface area (Å²) in [6.45, 7) is 5.75. The second kappa shape index (κ2) is 18.7. The van der Waals surface area contributed by atoms with Crippen LogP contribution in [-0.2, 0) is 5.41 Å². The SMILES string of the molecule is CCCCCCOc1ccc(C(=O)Nc2ccc(C3(c4ccc(NC(=O)c5ccc(OCCCCCC)cc5)cc4)c4ccccc4-c4ccccc43)cc2)cc1. The number of unbranched alkanes of at least 4 members (excludes halogenated alkanes) is 6. The van der Waals surface area contributed by atoms with Gasteiger partial charge in [-0.15, -0.1) is 0 Å². The maximum atomic E-state index is 13.3. The predicted octanol–water partition coefficient (Wildman–Crippen LogP) is 12.5. The fourth-order valence-corrected chi connectivity index (χ4v) is 7.88. The van der Waals surface area contributed by atoms with Crippen molar-refractivity contribution < 1.29 is 19.1 Å². The van der Waals surface area contributed by atoms with Crippen molar-refractivity contribution in [2.75, 3.05) is 23.8 Å². The van der Waals surface area contributed by atoms with Crippen LogP contribution in [0.5, 0.6) is 11.5 Å². The van der Waals surface area contributed by atoms with Gasteiger partial charge in [-0.3, -0.25) is 9.59 Å². The molecule has 0 spiro atoms. The Bertz CT molecular complexity index is 2080. The van der Waals surface area contributed by atoms with E-state index in [1.165, 1.54) is 47.9 Å². The van der Waals surface area contributed by atoms with Gasteiger partial charge in [0.2, 0.25) is 0 Å². The number of carbonyl (C=O) groups excluding carboxylic acids is 2. The molecule has 57 heavy (non-hydrogen) atoms. The number of amides is 2. The summed E-state index contributed by atoms with van der Waals surface area (Å²) in [6.07, 6.45) is 9.19. The third kappa shape index (κ3) is 8.81.